The lowest BCUT2D eigenvalue weighted by Crippen LogP contribution is -2.26. The molecule has 0 fully saturated rings. The zero-order chi connectivity index (χ0) is 15.4. The highest BCUT2D eigenvalue weighted by Gasteiger charge is 2.10. The van der Waals surface area contributed by atoms with Crippen molar-refractivity contribution in [2.75, 3.05) is 11.9 Å². The third kappa shape index (κ3) is 2.86. The average Bonchev–Trinajstić information content (AvgIpc) is 2.57. The summed E-state index contributed by atoms with van der Waals surface area (Å²) in [6, 6.07) is 17.5. The number of hydrogen-bond donors (Lipinski definition) is 1. The van der Waals surface area contributed by atoms with Crippen LogP contribution in [0.2, 0.25) is 0 Å². The van der Waals surface area contributed by atoms with E-state index in [4.69, 9.17) is 0 Å². The van der Waals surface area contributed by atoms with Gasteiger partial charge < -0.3 is 5.32 Å². The maximum absolute atomic E-state index is 12.8. The molecule has 0 aliphatic rings. The molecule has 3 aromatic rings. The second kappa shape index (κ2) is 6.43. The van der Waals surface area contributed by atoms with E-state index in [0.717, 1.165) is 24.0 Å². The number of nitrogens with zero attached hydrogens (tertiary/aromatic N) is 2. The minimum Gasteiger partial charge on any atom is -0.356 e. The molecule has 1 heterocycles. The van der Waals surface area contributed by atoms with Crippen molar-refractivity contribution >= 4 is 16.9 Å². The number of rotatable bonds is 5. The SMILES string of the molecule is CCCNc1nc2ccccc2c(=O)n1Cc1ccccc1. The number of para-hydroxylation sites is 1. The number of aromatic nitrogens is 2. The van der Waals surface area contributed by atoms with Crippen LogP contribution in [-0.2, 0) is 6.54 Å². The molecule has 0 spiro atoms. The molecular weight excluding hydrogens is 274 g/mol. The van der Waals surface area contributed by atoms with Crippen LogP contribution in [-0.4, -0.2) is 16.1 Å². The van der Waals surface area contributed by atoms with Crippen molar-refractivity contribution in [3.05, 3.63) is 70.5 Å². The number of nitrogens with one attached hydrogen (secondary N) is 1. The minimum atomic E-state index is -0.00643. The molecule has 0 saturated carbocycles. The summed E-state index contributed by atoms with van der Waals surface area (Å²) in [6.45, 7) is 3.40. The van der Waals surface area contributed by atoms with Gasteiger partial charge in [-0.15, -0.1) is 0 Å². The minimum absolute atomic E-state index is 0.00643. The molecule has 4 nitrogen and oxygen atoms in total. The van der Waals surface area contributed by atoms with Gasteiger partial charge in [-0.3, -0.25) is 9.36 Å². The third-order valence-corrected chi connectivity index (χ3v) is 3.58. The summed E-state index contributed by atoms with van der Waals surface area (Å²) in [4.78, 5) is 17.4. The van der Waals surface area contributed by atoms with Crippen LogP contribution in [0.5, 0.6) is 0 Å². The van der Waals surface area contributed by atoms with Crippen molar-refractivity contribution in [2.24, 2.45) is 0 Å². The van der Waals surface area contributed by atoms with E-state index in [2.05, 4.69) is 17.2 Å². The highest BCUT2D eigenvalue weighted by molar-refractivity contribution is 5.78. The predicted octanol–water partition coefficient (Wildman–Crippen LogP) is 3.27. The average molecular weight is 293 g/mol. The Labute approximate surface area is 129 Å². The van der Waals surface area contributed by atoms with Crippen LogP contribution in [0.3, 0.4) is 0 Å². The molecule has 0 amide bonds. The maximum atomic E-state index is 12.8. The first kappa shape index (κ1) is 14.3. The summed E-state index contributed by atoms with van der Waals surface area (Å²) in [5.41, 5.74) is 1.81. The summed E-state index contributed by atoms with van der Waals surface area (Å²) >= 11 is 0. The smallest absolute Gasteiger partial charge is 0.263 e. The Bertz CT molecular complexity index is 825. The molecule has 0 bridgehead atoms. The monoisotopic (exact) mass is 293 g/mol. The molecule has 22 heavy (non-hydrogen) atoms. The molecule has 2 aromatic carbocycles. The zero-order valence-electron chi connectivity index (χ0n) is 12.6. The predicted molar refractivity (Wildman–Crippen MR) is 90.3 cm³/mol. The molecule has 0 aliphatic carbocycles. The second-order valence-electron chi connectivity index (χ2n) is 5.26. The van der Waals surface area contributed by atoms with Gasteiger partial charge in [-0.1, -0.05) is 49.4 Å². The molecule has 0 unspecified atom stereocenters. The van der Waals surface area contributed by atoms with E-state index in [1.807, 2.05) is 54.6 Å². The van der Waals surface area contributed by atoms with Crippen LogP contribution in [0.25, 0.3) is 10.9 Å². The van der Waals surface area contributed by atoms with Crippen molar-refractivity contribution < 1.29 is 0 Å². The Kier molecular flexibility index (Phi) is 4.19. The number of fused-ring (bicyclic) bond motifs is 1. The number of benzene rings is 2. The van der Waals surface area contributed by atoms with E-state index in [9.17, 15) is 4.79 Å². The fourth-order valence-electron chi connectivity index (χ4n) is 2.45. The fraction of sp³-hybridized carbons (Fsp3) is 0.222. The van der Waals surface area contributed by atoms with Gasteiger partial charge >= 0.3 is 0 Å². The highest BCUT2D eigenvalue weighted by atomic mass is 16.1. The van der Waals surface area contributed by atoms with E-state index in [1.165, 1.54) is 0 Å². The summed E-state index contributed by atoms with van der Waals surface area (Å²) in [5.74, 6) is 0.634. The maximum Gasteiger partial charge on any atom is 0.263 e. The molecular formula is C18H19N3O. The van der Waals surface area contributed by atoms with Crippen LogP contribution < -0.4 is 10.9 Å². The molecule has 0 atom stereocenters. The van der Waals surface area contributed by atoms with Gasteiger partial charge in [0.05, 0.1) is 17.4 Å². The first-order valence-electron chi connectivity index (χ1n) is 7.57. The van der Waals surface area contributed by atoms with Gasteiger partial charge in [-0.25, -0.2) is 4.98 Å². The lowest BCUT2D eigenvalue weighted by molar-refractivity contribution is 0.748. The summed E-state index contributed by atoms with van der Waals surface area (Å²) in [7, 11) is 0. The summed E-state index contributed by atoms with van der Waals surface area (Å²) in [5, 5.41) is 3.92. The molecule has 1 N–H and O–H groups in total. The van der Waals surface area contributed by atoms with Crippen molar-refractivity contribution in [1.29, 1.82) is 0 Å². The van der Waals surface area contributed by atoms with Gasteiger partial charge in [0, 0.05) is 6.54 Å². The van der Waals surface area contributed by atoms with Crippen molar-refractivity contribution in [2.45, 2.75) is 19.9 Å². The van der Waals surface area contributed by atoms with E-state index < -0.39 is 0 Å². The Morgan fingerprint density at radius 3 is 2.55 bits per heavy atom. The Hall–Kier alpha value is -2.62. The van der Waals surface area contributed by atoms with Crippen molar-refractivity contribution in [1.82, 2.24) is 9.55 Å². The lowest BCUT2D eigenvalue weighted by Gasteiger charge is -2.14. The first-order valence-corrected chi connectivity index (χ1v) is 7.57. The first-order chi connectivity index (χ1) is 10.8. The van der Waals surface area contributed by atoms with E-state index in [-0.39, 0.29) is 5.56 Å². The van der Waals surface area contributed by atoms with Crippen LogP contribution in [0.4, 0.5) is 5.95 Å². The van der Waals surface area contributed by atoms with E-state index in [1.54, 1.807) is 4.57 Å². The van der Waals surface area contributed by atoms with Crippen LogP contribution in [0.15, 0.2) is 59.4 Å². The van der Waals surface area contributed by atoms with Gasteiger partial charge in [0.2, 0.25) is 5.95 Å². The van der Waals surface area contributed by atoms with E-state index in [0.29, 0.717) is 17.9 Å². The molecule has 0 aliphatic heterocycles. The lowest BCUT2D eigenvalue weighted by atomic mass is 10.2. The normalized spacial score (nSPS) is 10.8. The Balaban J connectivity index is 2.12. The van der Waals surface area contributed by atoms with Gasteiger partial charge in [-0.05, 0) is 24.1 Å². The van der Waals surface area contributed by atoms with Crippen LogP contribution in [0, 0.1) is 0 Å². The molecule has 4 heteroatoms. The fourth-order valence-corrected chi connectivity index (χ4v) is 2.45. The molecule has 112 valence electrons. The standard InChI is InChI=1S/C18H19N3O/c1-2-12-19-18-20-16-11-7-6-10-15(16)17(22)21(18)13-14-8-4-3-5-9-14/h3-11H,2,12-13H2,1H3,(H,19,20). The zero-order valence-corrected chi connectivity index (χ0v) is 12.6. The molecule has 3 rings (SSSR count). The Morgan fingerprint density at radius 2 is 1.77 bits per heavy atom. The highest BCUT2D eigenvalue weighted by Crippen LogP contribution is 2.13. The van der Waals surface area contributed by atoms with Crippen LogP contribution in [0.1, 0.15) is 18.9 Å². The number of hydrogen-bond acceptors (Lipinski definition) is 3. The molecule has 1 aromatic heterocycles. The van der Waals surface area contributed by atoms with E-state index >= 15 is 0 Å². The van der Waals surface area contributed by atoms with Gasteiger partial charge in [0.25, 0.3) is 5.56 Å². The Morgan fingerprint density at radius 1 is 1.05 bits per heavy atom. The summed E-state index contributed by atoms with van der Waals surface area (Å²) < 4.78 is 1.72. The van der Waals surface area contributed by atoms with Crippen molar-refractivity contribution in [3.63, 3.8) is 0 Å². The quantitative estimate of drug-likeness (QED) is 0.785. The third-order valence-electron chi connectivity index (χ3n) is 3.58. The van der Waals surface area contributed by atoms with Gasteiger partial charge in [0.15, 0.2) is 0 Å². The van der Waals surface area contributed by atoms with Gasteiger partial charge in [0.1, 0.15) is 0 Å². The molecule has 0 radical (unpaired) electrons. The number of anilines is 1. The largest absolute Gasteiger partial charge is 0.356 e. The second-order valence-corrected chi connectivity index (χ2v) is 5.26. The summed E-state index contributed by atoms with van der Waals surface area (Å²) in [6.07, 6.45) is 0.980. The topological polar surface area (TPSA) is 46.9 Å². The van der Waals surface area contributed by atoms with Gasteiger partial charge in [-0.2, -0.15) is 0 Å². The van der Waals surface area contributed by atoms with Crippen LogP contribution >= 0.6 is 0 Å². The molecule has 0 saturated heterocycles. The van der Waals surface area contributed by atoms with Crippen molar-refractivity contribution in [3.8, 4) is 0 Å².